The van der Waals surface area contributed by atoms with Crippen molar-refractivity contribution in [2.45, 2.75) is 50.7 Å². The number of rotatable bonds is 7. The quantitative estimate of drug-likeness (QED) is 0.708. The monoisotopic (exact) mass is 398 g/mol. The molecule has 8 nitrogen and oxygen atoms in total. The lowest BCUT2D eigenvalue weighted by molar-refractivity contribution is -0.148. The van der Waals surface area contributed by atoms with Gasteiger partial charge in [-0.25, -0.2) is 17.9 Å². The molecule has 2 unspecified atom stereocenters. The third kappa shape index (κ3) is 4.85. The number of carbonyl (C=O) groups is 2. The van der Waals surface area contributed by atoms with E-state index < -0.39 is 27.9 Å². The number of carboxylic acid groups (broad SMARTS) is 1. The molecule has 2 rings (SSSR count). The molecule has 0 spiro atoms. The second-order valence-electron chi connectivity index (χ2n) is 6.87. The van der Waals surface area contributed by atoms with Gasteiger partial charge in [-0.05, 0) is 31.9 Å². The second-order valence-corrected chi connectivity index (χ2v) is 8.57. The SMILES string of the molecule is COC1CC(C(=O)O)N(C(=O)CCNS(=O)(=O)c2c(C)cc(C)cc2C)C1. The smallest absolute Gasteiger partial charge is 0.326 e. The summed E-state index contributed by atoms with van der Waals surface area (Å²) in [6.45, 7) is 5.44. The summed E-state index contributed by atoms with van der Waals surface area (Å²) < 4.78 is 32.8. The predicted octanol–water partition coefficient (Wildman–Crippen LogP) is 0.981. The highest BCUT2D eigenvalue weighted by molar-refractivity contribution is 7.89. The molecule has 1 fully saturated rings. The summed E-state index contributed by atoms with van der Waals surface area (Å²) in [5.41, 5.74) is 2.25. The van der Waals surface area contributed by atoms with Gasteiger partial charge in [0.1, 0.15) is 6.04 Å². The van der Waals surface area contributed by atoms with Gasteiger partial charge in [-0.2, -0.15) is 0 Å². The minimum absolute atomic E-state index is 0.103. The number of aryl methyl sites for hydroxylation is 3. The lowest BCUT2D eigenvalue weighted by Crippen LogP contribution is -2.42. The number of amides is 1. The van der Waals surface area contributed by atoms with Crippen LogP contribution in [0.5, 0.6) is 0 Å². The molecule has 9 heteroatoms. The van der Waals surface area contributed by atoms with Crippen molar-refractivity contribution in [1.82, 2.24) is 9.62 Å². The van der Waals surface area contributed by atoms with Gasteiger partial charge in [0.15, 0.2) is 0 Å². The Bertz CT molecular complexity index is 813. The van der Waals surface area contributed by atoms with Crippen LogP contribution in [-0.2, 0) is 24.3 Å². The normalized spacial score (nSPS) is 20.1. The van der Waals surface area contributed by atoms with Crippen LogP contribution >= 0.6 is 0 Å². The van der Waals surface area contributed by atoms with Crippen LogP contribution in [0.25, 0.3) is 0 Å². The number of methoxy groups -OCH3 is 1. The van der Waals surface area contributed by atoms with Gasteiger partial charge in [-0.3, -0.25) is 4.79 Å². The van der Waals surface area contributed by atoms with E-state index in [-0.39, 0.29) is 36.9 Å². The summed E-state index contributed by atoms with van der Waals surface area (Å²) in [4.78, 5) is 25.2. The van der Waals surface area contributed by atoms with E-state index >= 15 is 0 Å². The van der Waals surface area contributed by atoms with Crippen LogP contribution in [0.3, 0.4) is 0 Å². The fraction of sp³-hybridized carbons (Fsp3) is 0.556. The fourth-order valence-electron chi connectivity index (χ4n) is 3.58. The summed E-state index contributed by atoms with van der Waals surface area (Å²) in [5, 5.41) is 9.27. The molecule has 2 atom stereocenters. The van der Waals surface area contributed by atoms with Crippen molar-refractivity contribution in [3.8, 4) is 0 Å². The minimum atomic E-state index is -3.76. The molecule has 1 saturated heterocycles. The Hall–Kier alpha value is -1.97. The molecule has 0 saturated carbocycles. The molecule has 2 N–H and O–H groups in total. The van der Waals surface area contributed by atoms with E-state index in [2.05, 4.69) is 4.72 Å². The zero-order valence-corrected chi connectivity index (χ0v) is 16.8. The van der Waals surface area contributed by atoms with Crippen molar-refractivity contribution in [1.29, 1.82) is 0 Å². The predicted molar refractivity (Wildman–Crippen MR) is 99.0 cm³/mol. The van der Waals surface area contributed by atoms with Crippen molar-refractivity contribution in [2.75, 3.05) is 20.2 Å². The Morgan fingerprint density at radius 2 is 1.85 bits per heavy atom. The summed E-state index contributed by atoms with van der Waals surface area (Å²) in [7, 11) is -2.29. The lowest BCUT2D eigenvalue weighted by atomic mass is 10.1. The molecule has 1 aliphatic rings. The minimum Gasteiger partial charge on any atom is -0.480 e. The molecule has 0 aromatic heterocycles. The average Bonchev–Trinajstić information content (AvgIpc) is 2.98. The zero-order chi connectivity index (χ0) is 20.4. The van der Waals surface area contributed by atoms with E-state index in [1.54, 1.807) is 26.0 Å². The maximum Gasteiger partial charge on any atom is 0.326 e. The van der Waals surface area contributed by atoms with Crippen LogP contribution in [0.15, 0.2) is 17.0 Å². The second kappa shape index (κ2) is 8.37. The first-order valence-electron chi connectivity index (χ1n) is 8.69. The molecule has 0 bridgehead atoms. The van der Waals surface area contributed by atoms with Gasteiger partial charge < -0.3 is 14.7 Å². The van der Waals surface area contributed by atoms with Gasteiger partial charge in [-0.1, -0.05) is 17.7 Å². The number of hydrogen-bond donors (Lipinski definition) is 2. The summed E-state index contributed by atoms with van der Waals surface area (Å²) in [5.74, 6) is -1.50. The van der Waals surface area contributed by atoms with E-state index in [9.17, 15) is 23.1 Å². The summed E-state index contributed by atoms with van der Waals surface area (Å²) in [6, 6.07) is 2.64. The molecule has 0 aliphatic carbocycles. The van der Waals surface area contributed by atoms with E-state index in [1.807, 2.05) is 6.92 Å². The van der Waals surface area contributed by atoms with Crippen molar-refractivity contribution in [3.63, 3.8) is 0 Å². The van der Waals surface area contributed by atoms with Gasteiger partial charge in [0.2, 0.25) is 15.9 Å². The van der Waals surface area contributed by atoms with Gasteiger partial charge in [-0.15, -0.1) is 0 Å². The Morgan fingerprint density at radius 3 is 2.37 bits per heavy atom. The highest BCUT2D eigenvalue weighted by Gasteiger charge is 2.39. The molecule has 1 aromatic carbocycles. The van der Waals surface area contributed by atoms with Crippen LogP contribution in [0.4, 0.5) is 0 Å². The molecule has 1 amide bonds. The Kier molecular flexibility index (Phi) is 6.61. The van der Waals surface area contributed by atoms with Crippen LogP contribution in [0.2, 0.25) is 0 Å². The first-order chi connectivity index (χ1) is 12.6. The number of ether oxygens (including phenoxy) is 1. The molecule has 1 heterocycles. The number of nitrogens with one attached hydrogen (secondary N) is 1. The number of sulfonamides is 1. The van der Waals surface area contributed by atoms with E-state index in [0.29, 0.717) is 11.1 Å². The van der Waals surface area contributed by atoms with Crippen LogP contribution in [0.1, 0.15) is 29.5 Å². The van der Waals surface area contributed by atoms with Gasteiger partial charge in [0, 0.05) is 33.0 Å². The molecule has 1 aromatic rings. The standard InChI is InChI=1S/C18H26N2O6S/c1-11-7-12(2)17(13(3)8-11)27(24,25)19-6-5-16(21)20-10-14(26-4)9-15(20)18(22)23/h7-8,14-15,19H,5-6,9-10H2,1-4H3,(H,22,23). The topological polar surface area (TPSA) is 113 Å². The Balaban J connectivity index is 2.03. The lowest BCUT2D eigenvalue weighted by Gasteiger charge is -2.21. The van der Waals surface area contributed by atoms with Crippen molar-refractivity contribution in [3.05, 3.63) is 28.8 Å². The van der Waals surface area contributed by atoms with Gasteiger partial charge >= 0.3 is 5.97 Å². The van der Waals surface area contributed by atoms with Crippen molar-refractivity contribution >= 4 is 21.9 Å². The van der Waals surface area contributed by atoms with Crippen molar-refractivity contribution < 1.29 is 27.9 Å². The van der Waals surface area contributed by atoms with Crippen LogP contribution in [-0.4, -0.2) is 62.6 Å². The fourth-order valence-corrected chi connectivity index (χ4v) is 5.06. The Labute approximate surface area is 159 Å². The highest BCUT2D eigenvalue weighted by atomic mass is 32.2. The van der Waals surface area contributed by atoms with Gasteiger partial charge in [0.25, 0.3) is 0 Å². The largest absolute Gasteiger partial charge is 0.480 e. The first-order valence-corrected chi connectivity index (χ1v) is 10.2. The average molecular weight is 398 g/mol. The van der Waals surface area contributed by atoms with Crippen molar-refractivity contribution in [2.24, 2.45) is 0 Å². The van der Waals surface area contributed by atoms with Crippen LogP contribution < -0.4 is 4.72 Å². The number of carboxylic acids is 1. The third-order valence-corrected chi connectivity index (χ3v) is 6.47. The molecular formula is C18H26N2O6S. The number of nitrogens with zero attached hydrogens (tertiary/aromatic N) is 1. The number of aliphatic carboxylic acids is 1. The maximum absolute atomic E-state index is 12.6. The number of carbonyl (C=O) groups excluding carboxylic acids is 1. The molecule has 27 heavy (non-hydrogen) atoms. The zero-order valence-electron chi connectivity index (χ0n) is 16.0. The first kappa shape index (κ1) is 21.3. The van der Waals surface area contributed by atoms with E-state index in [0.717, 1.165) is 5.56 Å². The number of likely N-dealkylation sites (tertiary alicyclic amines) is 1. The molecule has 0 radical (unpaired) electrons. The number of hydrogen-bond acceptors (Lipinski definition) is 5. The molecular weight excluding hydrogens is 372 g/mol. The summed E-state index contributed by atoms with van der Waals surface area (Å²) >= 11 is 0. The maximum atomic E-state index is 12.6. The Morgan fingerprint density at radius 1 is 1.26 bits per heavy atom. The van der Waals surface area contributed by atoms with Gasteiger partial charge in [0.05, 0.1) is 11.0 Å². The third-order valence-electron chi connectivity index (χ3n) is 4.71. The molecule has 1 aliphatic heterocycles. The van der Waals surface area contributed by atoms with E-state index in [4.69, 9.17) is 4.74 Å². The highest BCUT2D eigenvalue weighted by Crippen LogP contribution is 2.23. The summed E-state index contributed by atoms with van der Waals surface area (Å²) in [6.07, 6.45) is -0.223. The van der Waals surface area contributed by atoms with Crippen LogP contribution in [0, 0.1) is 20.8 Å². The van der Waals surface area contributed by atoms with E-state index in [1.165, 1.54) is 12.0 Å². The molecule has 150 valence electrons. The number of benzene rings is 1.